The fourth-order valence-electron chi connectivity index (χ4n) is 3.43. The van der Waals surface area contributed by atoms with E-state index in [2.05, 4.69) is 6.58 Å². The number of carbonyl (C=O) groups excluding carboxylic acids is 2. The second-order valence-corrected chi connectivity index (χ2v) is 7.53. The van der Waals surface area contributed by atoms with Gasteiger partial charge in [-0.2, -0.15) is 0 Å². The molecule has 1 aliphatic rings. The summed E-state index contributed by atoms with van der Waals surface area (Å²) < 4.78 is 11.1. The maximum atomic E-state index is 13.2. The average Bonchev–Trinajstić information content (AvgIpc) is 3.26. The summed E-state index contributed by atoms with van der Waals surface area (Å²) in [4.78, 5) is 28.8. The summed E-state index contributed by atoms with van der Waals surface area (Å²) in [5.41, 5.74) is 0.693. The molecule has 7 heteroatoms. The Morgan fingerprint density at radius 3 is 2.73 bits per heavy atom. The summed E-state index contributed by atoms with van der Waals surface area (Å²) in [7, 11) is 3.95. The SMILES string of the molecule is C=CCOc1cccc([C@@H]2C(C(=O)c3ccc(C)o3)=C(O)C(=O)N2CC[NH+](C)C)c1. The number of carbonyl (C=O) groups is 2. The van der Waals surface area contributed by atoms with E-state index in [-0.39, 0.29) is 11.3 Å². The molecule has 158 valence electrons. The van der Waals surface area contributed by atoms with Gasteiger partial charge >= 0.3 is 0 Å². The molecule has 30 heavy (non-hydrogen) atoms. The van der Waals surface area contributed by atoms with Crippen molar-refractivity contribution in [3.05, 3.63) is 77.5 Å². The number of amides is 1. The zero-order chi connectivity index (χ0) is 21.8. The van der Waals surface area contributed by atoms with Crippen LogP contribution in [0.15, 0.2) is 64.8 Å². The van der Waals surface area contributed by atoms with E-state index in [0.717, 1.165) is 4.90 Å². The fourth-order valence-corrected chi connectivity index (χ4v) is 3.43. The van der Waals surface area contributed by atoms with E-state index in [1.165, 1.54) is 4.90 Å². The molecule has 2 heterocycles. The maximum absolute atomic E-state index is 13.2. The molecule has 0 radical (unpaired) electrons. The lowest BCUT2D eigenvalue weighted by Crippen LogP contribution is -3.06. The number of hydrogen-bond acceptors (Lipinski definition) is 5. The molecule has 0 fully saturated rings. The van der Waals surface area contributed by atoms with Gasteiger partial charge in [0.2, 0.25) is 5.78 Å². The molecule has 0 saturated carbocycles. The van der Waals surface area contributed by atoms with Crippen LogP contribution in [0.2, 0.25) is 0 Å². The van der Waals surface area contributed by atoms with Crippen LogP contribution in [0, 0.1) is 6.92 Å². The monoisotopic (exact) mass is 411 g/mol. The first-order valence-electron chi connectivity index (χ1n) is 9.81. The quantitative estimate of drug-likeness (QED) is 0.486. The van der Waals surface area contributed by atoms with Gasteiger partial charge < -0.3 is 24.1 Å². The van der Waals surface area contributed by atoms with Gasteiger partial charge in [0.1, 0.15) is 18.1 Å². The van der Waals surface area contributed by atoms with Crippen LogP contribution in [-0.4, -0.2) is 55.5 Å². The summed E-state index contributed by atoms with van der Waals surface area (Å²) in [5.74, 6) is -0.352. The largest absolute Gasteiger partial charge is 0.503 e. The van der Waals surface area contributed by atoms with E-state index >= 15 is 0 Å². The van der Waals surface area contributed by atoms with Crippen LogP contribution in [0.4, 0.5) is 0 Å². The van der Waals surface area contributed by atoms with Crippen molar-refractivity contribution in [1.29, 1.82) is 0 Å². The van der Waals surface area contributed by atoms with Gasteiger partial charge in [-0.15, -0.1) is 0 Å². The summed E-state index contributed by atoms with van der Waals surface area (Å²) >= 11 is 0. The highest BCUT2D eigenvalue weighted by molar-refractivity contribution is 6.15. The Hall–Kier alpha value is -3.32. The van der Waals surface area contributed by atoms with Crippen molar-refractivity contribution < 1.29 is 28.7 Å². The fraction of sp³-hybridized carbons (Fsp3) is 0.304. The Morgan fingerprint density at radius 1 is 1.33 bits per heavy atom. The summed E-state index contributed by atoms with van der Waals surface area (Å²) in [6.45, 7) is 6.74. The normalized spacial score (nSPS) is 16.5. The Balaban J connectivity index is 2.05. The van der Waals surface area contributed by atoms with Crippen molar-refractivity contribution >= 4 is 11.7 Å². The molecule has 0 unspecified atom stereocenters. The third-order valence-corrected chi connectivity index (χ3v) is 4.91. The van der Waals surface area contributed by atoms with Crippen LogP contribution in [0.25, 0.3) is 0 Å². The molecule has 1 aromatic carbocycles. The summed E-state index contributed by atoms with van der Waals surface area (Å²) in [6, 6.07) is 9.66. The molecule has 7 nitrogen and oxygen atoms in total. The van der Waals surface area contributed by atoms with Crippen molar-refractivity contribution in [2.45, 2.75) is 13.0 Å². The number of likely N-dealkylation sites (N-methyl/N-ethyl adjacent to an activating group) is 1. The molecule has 1 atom stereocenters. The van der Waals surface area contributed by atoms with E-state index in [0.29, 0.717) is 36.8 Å². The lowest BCUT2D eigenvalue weighted by molar-refractivity contribution is -0.857. The molecule has 0 aliphatic carbocycles. The van der Waals surface area contributed by atoms with Gasteiger partial charge in [-0.1, -0.05) is 24.8 Å². The lowest BCUT2D eigenvalue weighted by atomic mass is 9.95. The van der Waals surface area contributed by atoms with E-state index in [1.807, 2.05) is 20.2 Å². The highest BCUT2D eigenvalue weighted by atomic mass is 16.5. The van der Waals surface area contributed by atoms with Gasteiger partial charge in [0.05, 0.1) is 38.8 Å². The van der Waals surface area contributed by atoms with Gasteiger partial charge in [-0.05, 0) is 36.8 Å². The molecule has 1 amide bonds. The molecular formula is C23H27N2O5+. The van der Waals surface area contributed by atoms with Crippen LogP contribution < -0.4 is 9.64 Å². The molecule has 1 aliphatic heterocycles. The molecule has 0 saturated heterocycles. The number of ketones is 1. The predicted molar refractivity (Wildman–Crippen MR) is 112 cm³/mol. The first-order chi connectivity index (χ1) is 14.3. The highest BCUT2D eigenvalue weighted by Crippen LogP contribution is 2.39. The van der Waals surface area contributed by atoms with Crippen LogP contribution in [-0.2, 0) is 4.79 Å². The molecule has 3 rings (SSSR count). The number of benzene rings is 1. The van der Waals surface area contributed by atoms with Crippen LogP contribution in [0.1, 0.15) is 27.9 Å². The van der Waals surface area contributed by atoms with Crippen molar-refractivity contribution in [2.24, 2.45) is 0 Å². The smallest absolute Gasteiger partial charge is 0.290 e. The van der Waals surface area contributed by atoms with Gasteiger partial charge in [0, 0.05) is 0 Å². The third kappa shape index (κ3) is 4.31. The molecule has 1 aromatic heterocycles. The van der Waals surface area contributed by atoms with Crippen molar-refractivity contribution in [1.82, 2.24) is 4.90 Å². The summed E-state index contributed by atoms with van der Waals surface area (Å²) in [6.07, 6.45) is 1.64. The molecule has 2 aromatic rings. The minimum Gasteiger partial charge on any atom is -0.503 e. The number of furan rings is 1. The molecular weight excluding hydrogens is 384 g/mol. The van der Waals surface area contributed by atoms with Crippen molar-refractivity contribution in [3.8, 4) is 5.75 Å². The average molecular weight is 411 g/mol. The lowest BCUT2D eigenvalue weighted by Gasteiger charge is -2.27. The first-order valence-corrected chi connectivity index (χ1v) is 9.81. The van der Waals surface area contributed by atoms with Gasteiger partial charge in [-0.25, -0.2) is 0 Å². The Labute approximate surface area is 175 Å². The zero-order valence-corrected chi connectivity index (χ0v) is 17.5. The van der Waals surface area contributed by atoms with Crippen LogP contribution in [0.5, 0.6) is 5.75 Å². The predicted octanol–water partition coefficient (Wildman–Crippen LogP) is 1.88. The second kappa shape index (κ2) is 9.00. The molecule has 2 N–H and O–H groups in total. The Morgan fingerprint density at radius 2 is 2.10 bits per heavy atom. The number of aliphatic hydroxyl groups is 1. The van der Waals surface area contributed by atoms with Crippen molar-refractivity contribution in [2.75, 3.05) is 33.8 Å². The minimum atomic E-state index is -0.734. The topological polar surface area (TPSA) is 84.4 Å². The molecule has 0 spiro atoms. The third-order valence-electron chi connectivity index (χ3n) is 4.91. The second-order valence-electron chi connectivity index (χ2n) is 7.53. The number of aliphatic hydroxyl groups excluding tert-OH is 1. The van der Waals surface area contributed by atoms with E-state index in [1.54, 1.807) is 43.3 Å². The van der Waals surface area contributed by atoms with Crippen molar-refractivity contribution in [3.63, 3.8) is 0 Å². The Bertz CT molecular complexity index is 989. The maximum Gasteiger partial charge on any atom is 0.290 e. The van der Waals surface area contributed by atoms with E-state index in [4.69, 9.17) is 9.15 Å². The first kappa shape index (κ1) is 21.4. The number of Topliss-reactive ketones (excluding diaryl/α,β-unsaturated/α-hetero) is 1. The number of aryl methyl sites for hydroxylation is 1. The number of quaternary nitrogens is 1. The Kier molecular flexibility index (Phi) is 6.42. The number of nitrogens with one attached hydrogen (secondary N) is 1. The summed E-state index contributed by atoms with van der Waals surface area (Å²) in [5, 5.41) is 10.6. The number of nitrogens with zero attached hydrogens (tertiary/aromatic N) is 1. The van der Waals surface area contributed by atoms with Gasteiger partial charge in [0.25, 0.3) is 5.91 Å². The number of hydrogen-bond donors (Lipinski definition) is 2. The number of rotatable bonds is 9. The van der Waals surface area contributed by atoms with Gasteiger partial charge in [0.15, 0.2) is 11.5 Å². The highest BCUT2D eigenvalue weighted by Gasteiger charge is 2.44. The minimum absolute atomic E-state index is 0.0176. The van der Waals surface area contributed by atoms with Crippen LogP contribution >= 0.6 is 0 Å². The number of ether oxygens (including phenoxy) is 1. The zero-order valence-electron chi connectivity index (χ0n) is 17.5. The van der Waals surface area contributed by atoms with E-state index in [9.17, 15) is 14.7 Å². The molecule has 0 bridgehead atoms. The van der Waals surface area contributed by atoms with E-state index < -0.39 is 23.5 Å². The van der Waals surface area contributed by atoms with Gasteiger partial charge in [-0.3, -0.25) is 9.59 Å². The van der Waals surface area contributed by atoms with Crippen LogP contribution in [0.3, 0.4) is 0 Å². The standard InChI is InChI=1S/C23H26N2O5/c1-5-13-29-17-8-6-7-16(14-17)20-19(21(26)18-10-9-15(2)30-18)22(27)23(28)25(20)12-11-24(3)4/h5-10,14,20,27H,1,11-13H2,2-4H3/p+1/t20-/m1/s1.